The quantitative estimate of drug-likeness (QED) is 0.503. The van der Waals surface area contributed by atoms with E-state index in [1.54, 1.807) is 0 Å². The summed E-state index contributed by atoms with van der Waals surface area (Å²) in [6.45, 7) is 1.80. The van der Waals surface area contributed by atoms with Crippen molar-refractivity contribution < 1.29 is 9.18 Å². The molecule has 3 aromatic rings. The summed E-state index contributed by atoms with van der Waals surface area (Å²) < 4.78 is 12.5. The Morgan fingerprint density at radius 1 is 1.06 bits per heavy atom. The molecule has 0 bridgehead atoms. The number of anilines is 2. The van der Waals surface area contributed by atoms with E-state index in [9.17, 15) is 9.18 Å². The molecule has 0 radical (unpaired) electrons. The number of pyridine rings is 1. The van der Waals surface area contributed by atoms with E-state index in [0.717, 1.165) is 61.2 Å². The van der Waals surface area contributed by atoms with Crippen molar-refractivity contribution in [2.24, 2.45) is 0 Å². The van der Waals surface area contributed by atoms with Gasteiger partial charge in [-0.1, -0.05) is 24.3 Å². The lowest BCUT2D eigenvalue weighted by Gasteiger charge is -2.31. The first-order chi connectivity index (χ1) is 16.2. The van der Waals surface area contributed by atoms with E-state index in [4.69, 9.17) is 4.98 Å². The molecule has 1 unspecified atom stereocenters. The van der Waals surface area contributed by atoms with Crippen LogP contribution < -0.4 is 16.0 Å². The molecular weight excluding hydrogens is 417 g/mol. The smallest absolute Gasteiger partial charge is 0.319 e. The lowest BCUT2D eigenvalue weighted by molar-refractivity contribution is 0.184. The summed E-state index contributed by atoms with van der Waals surface area (Å²) in [6, 6.07) is 18.6. The SMILES string of the molecule is O=C(Nc1ccc2nc(NC3CCc4ccccc43)ccc2c1)NC1CCN(CCF)CC1. The first-order valence-corrected chi connectivity index (χ1v) is 11.8. The maximum atomic E-state index is 12.5. The highest BCUT2D eigenvalue weighted by Gasteiger charge is 2.22. The van der Waals surface area contributed by atoms with Crippen LogP contribution in [0.2, 0.25) is 0 Å². The average molecular weight is 448 g/mol. The molecule has 33 heavy (non-hydrogen) atoms. The van der Waals surface area contributed by atoms with Crippen LogP contribution in [0, 0.1) is 0 Å². The standard InChI is InChI=1S/C26H30FN5O/c27-13-16-32-14-11-20(12-15-32)28-26(33)29-21-7-9-23-19(17-21)6-10-25(30-23)31-24-8-5-18-3-1-2-4-22(18)24/h1-4,6-7,9-10,17,20,24H,5,8,11-16H2,(H,30,31)(H2,28,29,33). The topological polar surface area (TPSA) is 69.3 Å². The number of nitrogens with zero attached hydrogens (tertiary/aromatic N) is 2. The van der Waals surface area contributed by atoms with Crippen LogP contribution in [0.5, 0.6) is 0 Å². The number of carbonyl (C=O) groups excluding carboxylic acids is 1. The fraction of sp³-hybridized carbons (Fsp3) is 0.385. The Kier molecular flexibility index (Phi) is 6.39. The Morgan fingerprint density at radius 3 is 2.76 bits per heavy atom. The third-order valence-electron chi connectivity index (χ3n) is 6.73. The van der Waals surface area contributed by atoms with Crippen LogP contribution in [0.4, 0.5) is 20.7 Å². The van der Waals surface area contributed by atoms with Crippen LogP contribution in [0.25, 0.3) is 10.9 Å². The van der Waals surface area contributed by atoms with Gasteiger partial charge in [0.25, 0.3) is 0 Å². The Balaban J connectivity index is 1.19. The molecule has 2 amide bonds. The molecule has 6 nitrogen and oxygen atoms in total. The number of fused-ring (bicyclic) bond motifs is 2. The Hall–Kier alpha value is -3.19. The molecule has 7 heteroatoms. The van der Waals surface area contributed by atoms with Gasteiger partial charge in [0.1, 0.15) is 12.5 Å². The normalized spacial score (nSPS) is 18.8. The van der Waals surface area contributed by atoms with E-state index in [-0.39, 0.29) is 18.7 Å². The van der Waals surface area contributed by atoms with E-state index >= 15 is 0 Å². The molecule has 1 aliphatic carbocycles. The van der Waals surface area contributed by atoms with Gasteiger partial charge in [0.15, 0.2) is 0 Å². The number of rotatable bonds is 6. The fourth-order valence-electron chi connectivity index (χ4n) is 4.94. The third kappa shape index (κ3) is 5.09. The second kappa shape index (κ2) is 9.75. The highest BCUT2D eigenvalue weighted by Crippen LogP contribution is 2.33. The number of halogens is 1. The first kappa shape index (κ1) is 21.6. The van der Waals surface area contributed by atoms with Gasteiger partial charge in [0.05, 0.1) is 11.6 Å². The van der Waals surface area contributed by atoms with Gasteiger partial charge in [0.2, 0.25) is 0 Å². The van der Waals surface area contributed by atoms with E-state index in [2.05, 4.69) is 45.1 Å². The minimum absolute atomic E-state index is 0.123. The van der Waals surface area contributed by atoms with E-state index in [1.807, 2.05) is 30.3 Å². The molecule has 1 saturated heterocycles. The van der Waals surface area contributed by atoms with E-state index in [0.29, 0.717) is 12.6 Å². The van der Waals surface area contributed by atoms with Crippen LogP contribution in [-0.4, -0.2) is 48.3 Å². The zero-order valence-electron chi connectivity index (χ0n) is 18.7. The Labute approximate surface area is 193 Å². The molecule has 0 spiro atoms. The first-order valence-electron chi connectivity index (χ1n) is 11.8. The summed E-state index contributed by atoms with van der Waals surface area (Å²) in [7, 11) is 0. The van der Waals surface area contributed by atoms with Crippen molar-refractivity contribution in [1.29, 1.82) is 0 Å². The number of aromatic nitrogens is 1. The molecule has 1 fully saturated rings. The number of amides is 2. The predicted molar refractivity (Wildman–Crippen MR) is 130 cm³/mol. The van der Waals surface area contributed by atoms with Crippen LogP contribution >= 0.6 is 0 Å². The molecule has 5 rings (SSSR count). The lowest BCUT2D eigenvalue weighted by Crippen LogP contribution is -2.46. The molecule has 2 heterocycles. The summed E-state index contributed by atoms with van der Waals surface area (Å²) in [4.78, 5) is 19.3. The largest absolute Gasteiger partial charge is 0.363 e. The molecule has 1 atom stereocenters. The summed E-state index contributed by atoms with van der Waals surface area (Å²) >= 11 is 0. The summed E-state index contributed by atoms with van der Waals surface area (Å²) in [5.41, 5.74) is 4.40. The minimum atomic E-state index is -0.318. The number of hydrogen-bond donors (Lipinski definition) is 3. The van der Waals surface area contributed by atoms with E-state index < -0.39 is 0 Å². The monoisotopic (exact) mass is 447 g/mol. The predicted octanol–water partition coefficient (Wildman–Crippen LogP) is 4.89. The average Bonchev–Trinajstić information content (AvgIpc) is 3.23. The molecule has 2 aliphatic rings. The molecular formula is C26H30FN5O. The second-order valence-corrected chi connectivity index (χ2v) is 8.94. The number of carbonyl (C=O) groups is 1. The van der Waals surface area contributed by atoms with Crippen molar-refractivity contribution in [3.05, 3.63) is 65.7 Å². The zero-order valence-corrected chi connectivity index (χ0v) is 18.7. The summed E-state index contributed by atoms with van der Waals surface area (Å²) in [6.07, 6.45) is 3.85. The Morgan fingerprint density at radius 2 is 1.91 bits per heavy atom. The lowest BCUT2D eigenvalue weighted by atomic mass is 10.1. The van der Waals surface area contributed by atoms with Crippen molar-refractivity contribution in [3.63, 3.8) is 0 Å². The number of nitrogens with one attached hydrogen (secondary N) is 3. The van der Waals surface area contributed by atoms with Crippen molar-refractivity contribution in [1.82, 2.24) is 15.2 Å². The van der Waals surface area contributed by atoms with Gasteiger partial charge in [-0.15, -0.1) is 0 Å². The number of hydrogen-bond acceptors (Lipinski definition) is 4. The van der Waals surface area contributed by atoms with Gasteiger partial charge in [-0.05, 0) is 67.1 Å². The molecule has 2 aromatic carbocycles. The van der Waals surface area contributed by atoms with Crippen molar-refractivity contribution in [2.75, 3.05) is 36.9 Å². The van der Waals surface area contributed by atoms with Gasteiger partial charge in [-0.25, -0.2) is 14.2 Å². The van der Waals surface area contributed by atoms with Gasteiger partial charge in [-0.3, -0.25) is 0 Å². The van der Waals surface area contributed by atoms with E-state index in [1.165, 1.54) is 11.1 Å². The number of urea groups is 1. The molecule has 1 aliphatic heterocycles. The fourth-order valence-corrected chi connectivity index (χ4v) is 4.94. The van der Waals surface area contributed by atoms with Gasteiger partial charge in [0, 0.05) is 36.7 Å². The molecule has 0 saturated carbocycles. The van der Waals surface area contributed by atoms with Crippen molar-refractivity contribution in [3.8, 4) is 0 Å². The number of likely N-dealkylation sites (tertiary alicyclic amines) is 1. The maximum absolute atomic E-state index is 12.5. The zero-order chi connectivity index (χ0) is 22.6. The number of piperidine rings is 1. The highest BCUT2D eigenvalue weighted by atomic mass is 19.1. The summed E-state index contributed by atoms with van der Waals surface area (Å²) in [5, 5.41) is 10.5. The minimum Gasteiger partial charge on any atom is -0.363 e. The third-order valence-corrected chi connectivity index (χ3v) is 6.73. The van der Waals surface area contributed by atoms with Crippen LogP contribution in [-0.2, 0) is 6.42 Å². The molecule has 172 valence electrons. The van der Waals surface area contributed by atoms with Gasteiger partial charge in [-0.2, -0.15) is 0 Å². The van der Waals surface area contributed by atoms with Crippen molar-refractivity contribution >= 4 is 28.4 Å². The highest BCUT2D eigenvalue weighted by molar-refractivity contribution is 5.93. The summed E-state index contributed by atoms with van der Waals surface area (Å²) in [5.74, 6) is 0.863. The number of benzene rings is 2. The number of alkyl halides is 1. The van der Waals surface area contributed by atoms with Crippen LogP contribution in [0.1, 0.15) is 36.4 Å². The maximum Gasteiger partial charge on any atom is 0.319 e. The van der Waals surface area contributed by atoms with Crippen LogP contribution in [0.3, 0.4) is 0 Å². The molecule has 1 aromatic heterocycles. The second-order valence-electron chi connectivity index (χ2n) is 8.94. The Bertz CT molecular complexity index is 1130. The number of aryl methyl sites for hydroxylation is 1. The van der Waals surface area contributed by atoms with Crippen molar-refractivity contribution in [2.45, 2.75) is 37.8 Å². The van der Waals surface area contributed by atoms with Crippen LogP contribution in [0.15, 0.2) is 54.6 Å². The van der Waals surface area contributed by atoms with Gasteiger partial charge < -0.3 is 20.9 Å². The molecule has 3 N–H and O–H groups in total. The van der Waals surface area contributed by atoms with Gasteiger partial charge >= 0.3 is 6.03 Å².